The second-order valence-electron chi connectivity index (χ2n) is 12.7. The molecule has 5 rings (SSSR count). The molecule has 0 saturated heterocycles. The smallest absolute Gasteiger partial charge is 0.438 e. The Labute approximate surface area is 298 Å². The Balaban J connectivity index is 1.54. The Morgan fingerprint density at radius 3 is 1.78 bits per heavy atom. The van der Waals surface area contributed by atoms with Crippen molar-refractivity contribution < 1.29 is 88.9 Å². The molecule has 1 unspecified atom stereocenters. The number of fused-ring (bicyclic) bond motifs is 4. The highest BCUT2D eigenvalue weighted by molar-refractivity contribution is 5.84. The van der Waals surface area contributed by atoms with E-state index in [1.54, 1.807) is 47.4 Å². The first-order valence-electron chi connectivity index (χ1n) is 15.7. The molecule has 3 aromatic rings. The Morgan fingerprint density at radius 2 is 1.18 bits per heavy atom. The molecule has 0 fully saturated rings. The van der Waals surface area contributed by atoms with Gasteiger partial charge in [0.05, 0.1) is 7.11 Å². The van der Waals surface area contributed by atoms with Crippen LogP contribution in [0.4, 0.5) is 85.1 Å². The Bertz CT molecular complexity index is 1950. The Hall–Kier alpha value is -4.46. The monoisotopic (exact) mass is 817 g/mol. The van der Waals surface area contributed by atoms with E-state index in [-0.39, 0.29) is 23.2 Å². The summed E-state index contributed by atoms with van der Waals surface area (Å²) in [5.74, 6) is -56.9. The van der Waals surface area contributed by atoms with Gasteiger partial charge >= 0.3 is 53.8 Å². The molecule has 302 valence electrons. The highest BCUT2D eigenvalue weighted by atomic mass is 19.4. The number of hydrogen-bond acceptors (Lipinski definition) is 4. The summed E-state index contributed by atoms with van der Waals surface area (Å²) in [5, 5.41) is 0. The van der Waals surface area contributed by atoms with Crippen molar-refractivity contribution in [1.82, 2.24) is 0 Å². The molecule has 55 heavy (non-hydrogen) atoms. The zero-order valence-corrected chi connectivity index (χ0v) is 27.5. The highest BCUT2D eigenvalue weighted by Gasteiger charge is 2.95. The second kappa shape index (κ2) is 13.1. The van der Waals surface area contributed by atoms with Gasteiger partial charge < -0.3 is 14.4 Å². The van der Waals surface area contributed by atoms with Gasteiger partial charge in [0, 0.05) is 29.8 Å². The number of para-hydroxylation sites is 1. The summed E-state index contributed by atoms with van der Waals surface area (Å²) < 4.78 is 246. The lowest BCUT2D eigenvalue weighted by atomic mass is 9.87. The van der Waals surface area contributed by atoms with E-state index in [1.807, 2.05) is 0 Å². The van der Waals surface area contributed by atoms with Crippen molar-refractivity contribution in [2.45, 2.75) is 79.0 Å². The number of ether oxygens (including phenoxy) is 2. The van der Waals surface area contributed by atoms with E-state index in [0.717, 1.165) is 24.8 Å². The number of carbonyl (C=O) groups is 1. The molecule has 21 heteroatoms. The number of nitrogens with zero attached hydrogens (tertiary/aromatic N) is 1. The molecule has 0 amide bonds. The van der Waals surface area contributed by atoms with Crippen molar-refractivity contribution in [3.63, 3.8) is 0 Å². The number of hydrogen-bond donors (Lipinski definition) is 0. The second-order valence-corrected chi connectivity index (χ2v) is 12.7. The van der Waals surface area contributed by atoms with Crippen molar-refractivity contribution in [2.24, 2.45) is 0 Å². The van der Waals surface area contributed by atoms with Gasteiger partial charge in [-0.15, -0.1) is 0 Å². The van der Waals surface area contributed by atoms with E-state index in [2.05, 4.69) is 0 Å². The van der Waals surface area contributed by atoms with Crippen LogP contribution in [0.25, 0.3) is 11.1 Å². The number of aryl methyl sites for hydroxylation is 2. The van der Waals surface area contributed by atoms with Gasteiger partial charge in [-0.05, 0) is 53.6 Å². The van der Waals surface area contributed by atoms with Crippen molar-refractivity contribution in [3.8, 4) is 11.1 Å². The minimum atomic E-state index is -8.70. The van der Waals surface area contributed by atoms with Crippen LogP contribution in [0.3, 0.4) is 0 Å². The van der Waals surface area contributed by atoms with E-state index in [1.165, 1.54) is 12.1 Å². The molecular weight excluding hydrogens is 793 g/mol. The molecule has 1 aliphatic carbocycles. The summed E-state index contributed by atoms with van der Waals surface area (Å²) in [4.78, 5) is 14.4. The molecule has 2 aliphatic rings. The number of benzene rings is 3. The van der Waals surface area contributed by atoms with Gasteiger partial charge in [0.2, 0.25) is 5.72 Å². The molecule has 0 N–H and O–H groups in total. The maximum absolute atomic E-state index is 14.9. The normalized spacial score (nSPS) is 18.4. The van der Waals surface area contributed by atoms with Crippen LogP contribution in [0, 0.1) is 0 Å². The lowest BCUT2D eigenvalue weighted by Gasteiger charge is -2.45. The highest BCUT2D eigenvalue weighted by Crippen LogP contribution is 2.64. The van der Waals surface area contributed by atoms with Crippen LogP contribution in [0.2, 0.25) is 0 Å². The quantitative estimate of drug-likeness (QED) is 0.143. The lowest BCUT2D eigenvalue weighted by Crippen LogP contribution is -2.74. The predicted octanol–water partition coefficient (Wildman–Crippen LogP) is 11.0. The molecule has 0 aromatic heterocycles. The number of rotatable bonds is 11. The van der Waals surface area contributed by atoms with E-state index in [9.17, 15) is 79.4 Å². The van der Waals surface area contributed by atoms with E-state index in [4.69, 9.17) is 9.47 Å². The van der Waals surface area contributed by atoms with Crippen LogP contribution in [0.5, 0.6) is 0 Å². The molecular formula is C34H24F17NO3. The molecule has 3 aromatic carbocycles. The zero-order valence-electron chi connectivity index (χ0n) is 27.5. The van der Waals surface area contributed by atoms with Crippen molar-refractivity contribution >= 4 is 11.8 Å². The lowest BCUT2D eigenvalue weighted by molar-refractivity contribution is -0.461. The van der Waals surface area contributed by atoms with Gasteiger partial charge in [-0.1, -0.05) is 54.6 Å². The van der Waals surface area contributed by atoms with Gasteiger partial charge in [0.1, 0.15) is 0 Å². The first kappa shape index (κ1) is 41.7. The molecule has 1 aliphatic heterocycles. The van der Waals surface area contributed by atoms with Gasteiger partial charge in [-0.2, -0.15) is 74.6 Å². The summed E-state index contributed by atoms with van der Waals surface area (Å²) >= 11 is 0. The minimum Gasteiger partial charge on any atom is -0.438 e. The van der Waals surface area contributed by atoms with Gasteiger partial charge in [0.25, 0.3) is 0 Å². The number of methoxy groups -OCH3 is 1. The predicted molar refractivity (Wildman–Crippen MR) is 157 cm³/mol. The third-order valence-electron chi connectivity index (χ3n) is 9.43. The summed E-state index contributed by atoms with van der Waals surface area (Å²) in [7, 11) is 0.957. The fraction of sp³-hybridized carbons (Fsp3) is 0.441. The summed E-state index contributed by atoms with van der Waals surface area (Å²) in [6.45, 7) is 0.165. The van der Waals surface area contributed by atoms with Gasteiger partial charge in [-0.3, -0.25) is 0 Å². The number of alkyl halides is 17. The summed E-state index contributed by atoms with van der Waals surface area (Å²) in [6.07, 6.45) is -12.2. The van der Waals surface area contributed by atoms with E-state index >= 15 is 0 Å². The topological polar surface area (TPSA) is 38.8 Å². The molecule has 0 saturated carbocycles. The third-order valence-corrected chi connectivity index (χ3v) is 9.43. The van der Waals surface area contributed by atoms with E-state index in [0.29, 0.717) is 24.1 Å². The molecule has 1 heterocycles. The van der Waals surface area contributed by atoms with Crippen molar-refractivity contribution in [3.05, 3.63) is 89.0 Å². The van der Waals surface area contributed by atoms with Crippen LogP contribution < -0.4 is 4.90 Å². The number of carbonyl (C=O) groups excluding carboxylic acids is 1. The minimum absolute atomic E-state index is 0.0345. The maximum atomic E-state index is 14.9. The zero-order chi connectivity index (χ0) is 41.4. The first-order valence-corrected chi connectivity index (χ1v) is 15.7. The van der Waals surface area contributed by atoms with Gasteiger partial charge in [0.15, 0.2) is 0 Å². The fourth-order valence-corrected chi connectivity index (χ4v) is 6.55. The molecule has 4 nitrogen and oxygen atoms in total. The number of anilines is 1. The van der Waals surface area contributed by atoms with Crippen molar-refractivity contribution in [1.29, 1.82) is 0 Å². The Morgan fingerprint density at radius 1 is 0.655 bits per heavy atom. The molecule has 0 radical (unpaired) electrons. The SMILES string of the molecule is COC(=O)OC1(N2CCCc3ccccc32)c2ccccc2-c2ccc(CCC(F)(F)C(F)(F)C(F)(F)C(F)(F)C(F)(F)C(F)(F)C(F)(F)C(F)(F)F)cc21. The first-order chi connectivity index (χ1) is 25.1. The van der Waals surface area contributed by atoms with Crippen molar-refractivity contribution in [2.75, 3.05) is 18.6 Å². The molecule has 1 atom stereocenters. The van der Waals surface area contributed by atoms with Crippen LogP contribution in [0.1, 0.15) is 35.1 Å². The standard InChI is InChI=1S/C34H24F17NO3/c1-54-25(53)55-27(52-16-6-8-19-7-2-5-11-24(19)52)22-10-4-3-9-20(22)21-13-12-18(17-23(21)27)14-15-26(35,36)28(37,38)29(39,40)30(41,42)31(43,44)32(45,46)33(47,48)34(49,50)51/h2-5,7,9-13,17H,6,8,14-16H2,1H3. The van der Waals surface area contributed by atoms with Crippen LogP contribution in [0.15, 0.2) is 66.7 Å². The Kier molecular flexibility index (Phi) is 9.90. The third kappa shape index (κ3) is 5.83. The van der Waals surface area contributed by atoms with Crippen LogP contribution in [-0.2, 0) is 28.0 Å². The van der Waals surface area contributed by atoms with Crippen LogP contribution >= 0.6 is 0 Å². The molecule has 0 bridgehead atoms. The fourth-order valence-electron chi connectivity index (χ4n) is 6.55. The van der Waals surface area contributed by atoms with Gasteiger partial charge in [-0.25, -0.2) is 4.79 Å². The molecule has 0 spiro atoms. The average molecular weight is 818 g/mol. The summed E-state index contributed by atoms with van der Waals surface area (Å²) in [5.41, 5.74) is -0.324. The largest absolute Gasteiger partial charge is 0.510 e. The van der Waals surface area contributed by atoms with E-state index < -0.39 is 77.9 Å². The summed E-state index contributed by atoms with van der Waals surface area (Å²) in [6, 6.07) is 16.2. The van der Waals surface area contributed by atoms with Crippen LogP contribution in [-0.4, -0.2) is 67.4 Å². The maximum Gasteiger partial charge on any atom is 0.510 e. The average Bonchev–Trinajstić information content (AvgIpc) is 3.38. The number of halogens is 17.